The lowest BCUT2D eigenvalue weighted by atomic mass is 10.1. The molecule has 0 saturated carbocycles. The van der Waals surface area contributed by atoms with Crippen LogP contribution in [0.1, 0.15) is 41.9 Å². The van der Waals surface area contributed by atoms with E-state index in [0.717, 1.165) is 22.3 Å². The van der Waals surface area contributed by atoms with Gasteiger partial charge in [0.25, 0.3) is 5.56 Å². The summed E-state index contributed by atoms with van der Waals surface area (Å²) in [5.74, 6) is 1.68. The molecule has 0 aliphatic rings. The van der Waals surface area contributed by atoms with Crippen LogP contribution in [0.15, 0.2) is 56.9 Å². The number of benzene rings is 2. The van der Waals surface area contributed by atoms with Gasteiger partial charge in [0, 0.05) is 6.42 Å². The monoisotopic (exact) mass is 446 g/mol. The van der Waals surface area contributed by atoms with Crippen LogP contribution in [0.25, 0.3) is 22.4 Å². The predicted octanol–water partition coefficient (Wildman–Crippen LogP) is 4.45. The van der Waals surface area contributed by atoms with Crippen molar-refractivity contribution in [1.29, 1.82) is 0 Å². The van der Waals surface area contributed by atoms with Gasteiger partial charge in [-0.3, -0.25) is 9.20 Å². The summed E-state index contributed by atoms with van der Waals surface area (Å²) in [6.07, 6.45) is 0.710. The quantitative estimate of drug-likeness (QED) is 0.368. The first-order valence-corrected chi connectivity index (χ1v) is 11.3. The first-order chi connectivity index (χ1) is 15.5. The Morgan fingerprint density at radius 1 is 1.12 bits per heavy atom. The maximum Gasteiger partial charge on any atom is 0.267 e. The van der Waals surface area contributed by atoms with E-state index in [9.17, 15) is 4.79 Å². The van der Waals surface area contributed by atoms with Gasteiger partial charge in [-0.1, -0.05) is 48.1 Å². The van der Waals surface area contributed by atoms with E-state index in [1.807, 2.05) is 74.6 Å². The van der Waals surface area contributed by atoms with Gasteiger partial charge >= 0.3 is 0 Å². The number of thioether (sulfide) groups is 1. The zero-order valence-corrected chi connectivity index (χ0v) is 19.1. The lowest BCUT2D eigenvalue weighted by Gasteiger charge is -2.14. The molecule has 0 spiro atoms. The fourth-order valence-corrected chi connectivity index (χ4v) is 4.60. The van der Waals surface area contributed by atoms with Crippen LogP contribution in [0.5, 0.6) is 0 Å². The smallest absolute Gasteiger partial charge is 0.267 e. The highest BCUT2D eigenvalue weighted by atomic mass is 32.2. The third-order valence-corrected chi connectivity index (χ3v) is 6.46. The van der Waals surface area contributed by atoms with Crippen molar-refractivity contribution in [2.75, 3.05) is 0 Å². The molecular formula is C23H22N6O2S. The second kappa shape index (κ2) is 7.90. The van der Waals surface area contributed by atoms with Crippen LogP contribution >= 0.6 is 11.8 Å². The summed E-state index contributed by atoms with van der Waals surface area (Å²) >= 11 is 1.47. The van der Waals surface area contributed by atoms with Crippen LogP contribution in [0, 0.1) is 13.8 Å². The highest BCUT2D eigenvalue weighted by molar-refractivity contribution is 7.99. The molecule has 0 aliphatic heterocycles. The molecule has 1 unspecified atom stereocenters. The summed E-state index contributed by atoms with van der Waals surface area (Å²) in [5.41, 5.74) is 3.48. The minimum atomic E-state index is -0.130. The van der Waals surface area contributed by atoms with Gasteiger partial charge in [0.2, 0.25) is 11.7 Å². The molecule has 5 rings (SSSR count). The van der Waals surface area contributed by atoms with E-state index in [1.54, 1.807) is 4.57 Å². The van der Waals surface area contributed by atoms with Gasteiger partial charge in [-0.2, -0.15) is 4.98 Å². The topological polar surface area (TPSA) is 91.1 Å². The summed E-state index contributed by atoms with van der Waals surface area (Å²) in [5, 5.41) is 14.0. The van der Waals surface area contributed by atoms with Crippen LogP contribution in [0.4, 0.5) is 0 Å². The third kappa shape index (κ3) is 3.29. The van der Waals surface area contributed by atoms with Gasteiger partial charge < -0.3 is 4.52 Å². The maximum absolute atomic E-state index is 13.5. The number of rotatable bonds is 5. The van der Waals surface area contributed by atoms with Gasteiger partial charge in [0.15, 0.2) is 11.0 Å². The van der Waals surface area contributed by atoms with E-state index in [4.69, 9.17) is 4.52 Å². The first kappa shape index (κ1) is 20.4. The Morgan fingerprint density at radius 2 is 1.94 bits per heavy atom. The Balaban J connectivity index is 1.74. The van der Waals surface area contributed by atoms with Crippen molar-refractivity contribution >= 4 is 28.4 Å². The summed E-state index contributed by atoms with van der Waals surface area (Å²) in [7, 11) is 0. The molecule has 3 heterocycles. The molecule has 0 saturated heterocycles. The fraction of sp³-hybridized carbons (Fsp3) is 0.261. The second-order valence-electron chi connectivity index (χ2n) is 7.73. The van der Waals surface area contributed by atoms with Gasteiger partial charge in [0.05, 0.1) is 21.8 Å². The van der Waals surface area contributed by atoms with Crippen LogP contribution in [-0.2, 0) is 6.42 Å². The number of aromatic nitrogens is 6. The van der Waals surface area contributed by atoms with Crippen LogP contribution < -0.4 is 5.56 Å². The molecule has 0 N–H and O–H groups in total. The van der Waals surface area contributed by atoms with Crippen LogP contribution in [0.3, 0.4) is 0 Å². The summed E-state index contributed by atoms with van der Waals surface area (Å²) in [6.45, 7) is 7.97. The molecule has 3 aromatic heterocycles. The third-order valence-electron chi connectivity index (χ3n) is 5.43. The summed E-state index contributed by atoms with van der Waals surface area (Å²) in [4.78, 5) is 18.0. The molecule has 0 bridgehead atoms. The normalized spacial score (nSPS) is 12.6. The molecule has 8 nitrogen and oxygen atoms in total. The lowest BCUT2D eigenvalue weighted by Crippen LogP contribution is -2.22. The Morgan fingerprint density at radius 3 is 2.72 bits per heavy atom. The molecule has 5 aromatic rings. The molecule has 0 amide bonds. The zero-order valence-electron chi connectivity index (χ0n) is 18.2. The Kier molecular flexibility index (Phi) is 5.05. The van der Waals surface area contributed by atoms with Crippen molar-refractivity contribution in [3.8, 4) is 5.69 Å². The van der Waals surface area contributed by atoms with Crippen molar-refractivity contribution in [2.24, 2.45) is 0 Å². The zero-order chi connectivity index (χ0) is 22.4. The Hall–Kier alpha value is -3.46. The minimum Gasteiger partial charge on any atom is -0.338 e. The molecule has 0 radical (unpaired) electrons. The van der Waals surface area contributed by atoms with Crippen molar-refractivity contribution in [3.05, 3.63) is 75.7 Å². The number of fused-ring (bicyclic) bond motifs is 3. The molecule has 0 aliphatic carbocycles. The molecular weight excluding hydrogens is 424 g/mol. The number of para-hydroxylation sites is 1. The SMILES string of the molecule is CCc1noc(C(C)Sc2nnc3n(-c4cc(C)ccc4C)c(=O)c4ccccc4n23)n1. The second-order valence-corrected chi connectivity index (χ2v) is 9.04. The minimum absolute atomic E-state index is 0.122. The Labute approximate surface area is 188 Å². The van der Waals surface area contributed by atoms with E-state index in [1.165, 1.54) is 11.8 Å². The summed E-state index contributed by atoms with van der Waals surface area (Å²) in [6, 6.07) is 13.6. The molecule has 9 heteroatoms. The highest BCUT2D eigenvalue weighted by Gasteiger charge is 2.22. The maximum atomic E-state index is 13.5. The van der Waals surface area contributed by atoms with Crippen molar-refractivity contribution in [2.45, 2.75) is 44.5 Å². The van der Waals surface area contributed by atoms with Crippen molar-refractivity contribution < 1.29 is 4.52 Å². The van der Waals surface area contributed by atoms with Crippen LogP contribution in [0.2, 0.25) is 0 Å². The number of hydrogen-bond donors (Lipinski definition) is 0. The van der Waals surface area contributed by atoms with Crippen LogP contribution in [-0.4, -0.2) is 29.3 Å². The van der Waals surface area contributed by atoms with E-state index >= 15 is 0 Å². The number of nitrogens with zero attached hydrogens (tertiary/aromatic N) is 6. The predicted molar refractivity (Wildman–Crippen MR) is 124 cm³/mol. The number of hydrogen-bond acceptors (Lipinski definition) is 7. The van der Waals surface area contributed by atoms with E-state index in [2.05, 4.69) is 20.3 Å². The van der Waals surface area contributed by atoms with Gasteiger partial charge in [-0.25, -0.2) is 4.57 Å². The largest absolute Gasteiger partial charge is 0.338 e. The average molecular weight is 447 g/mol. The van der Waals surface area contributed by atoms with E-state index in [-0.39, 0.29) is 10.8 Å². The van der Waals surface area contributed by atoms with Crippen molar-refractivity contribution in [3.63, 3.8) is 0 Å². The highest BCUT2D eigenvalue weighted by Crippen LogP contribution is 2.34. The molecule has 32 heavy (non-hydrogen) atoms. The lowest BCUT2D eigenvalue weighted by molar-refractivity contribution is 0.375. The first-order valence-electron chi connectivity index (χ1n) is 10.4. The van der Waals surface area contributed by atoms with E-state index in [0.29, 0.717) is 34.5 Å². The standard InChI is InChI=1S/C23H22N6O2S/c1-5-19-24-20(31-27-19)15(4)32-23-26-25-22-28(18-12-13(2)10-11-14(18)3)21(30)16-8-6-7-9-17(16)29(22)23/h6-12,15H,5H2,1-4H3. The van der Waals surface area contributed by atoms with Gasteiger partial charge in [-0.15, -0.1) is 10.2 Å². The fourth-order valence-electron chi connectivity index (χ4n) is 3.72. The Bertz CT molecular complexity index is 1520. The van der Waals surface area contributed by atoms with Crippen molar-refractivity contribution in [1.82, 2.24) is 29.3 Å². The average Bonchev–Trinajstić information content (AvgIpc) is 3.44. The molecule has 0 fully saturated rings. The molecule has 1 atom stereocenters. The number of aryl methyl sites for hydroxylation is 3. The summed E-state index contributed by atoms with van der Waals surface area (Å²) < 4.78 is 8.99. The van der Waals surface area contributed by atoms with Gasteiger partial charge in [-0.05, 0) is 50.1 Å². The molecule has 2 aromatic carbocycles. The van der Waals surface area contributed by atoms with E-state index < -0.39 is 0 Å². The molecule has 162 valence electrons. The van der Waals surface area contributed by atoms with Gasteiger partial charge in [0.1, 0.15) is 0 Å².